The molecule has 26 heavy (non-hydrogen) atoms. The van der Waals surface area contributed by atoms with Crippen LogP contribution in [0.5, 0.6) is 5.75 Å². The van der Waals surface area contributed by atoms with E-state index in [0.717, 1.165) is 22.7 Å². The van der Waals surface area contributed by atoms with Gasteiger partial charge < -0.3 is 10.1 Å². The van der Waals surface area contributed by atoms with Crippen LogP contribution in [0.15, 0.2) is 60.7 Å². The molecule has 0 atom stereocenters. The summed E-state index contributed by atoms with van der Waals surface area (Å²) in [6, 6.07) is 19.1. The van der Waals surface area contributed by atoms with Crippen molar-refractivity contribution in [1.29, 1.82) is 0 Å². The summed E-state index contributed by atoms with van der Waals surface area (Å²) in [6.45, 7) is 5.87. The highest BCUT2D eigenvalue weighted by molar-refractivity contribution is 5.94. The summed E-state index contributed by atoms with van der Waals surface area (Å²) in [5.41, 5.74) is 2.67. The van der Waals surface area contributed by atoms with E-state index in [0.29, 0.717) is 5.69 Å². The molecule has 0 aliphatic heterocycles. The Labute approximate surface area is 153 Å². The number of carbonyl (C=O) groups excluding carboxylic acids is 1. The predicted octanol–water partition coefficient (Wildman–Crippen LogP) is 4.08. The van der Waals surface area contributed by atoms with E-state index >= 15 is 0 Å². The van der Waals surface area contributed by atoms with Gasteiger partial charge in [-0.3, -0.25) is 4.79 Å². The van der Waals surface area contributed by atoms with Gasteiger partial charge in [0.1, 0.15) is 11.4 Å². The molecule has 0 spiro atoms. The zero-order chi connectivity index (χ0) is 18.7. The lowest BCUT2D eigenvalue weighted by molar-refractivity contribution is 0.0911. The van der Waals surface area contributed by atoms with Crippen LogP contribution in [0.4, 0.5) is 0 Å². The minimum Gasteiger partial charge on any atom is -0.497 e. The van der Waals surface area contributed by atoms with Gasteiger partial charge >= 0.3 is 0 Å². The average Bonchev–Trinajstić information content (AvgIpc) is 3.07. The number of aromatic nitrogens is 2. The number of carbonyl (C=O) groups is 1. The van der Waals surface area contributed by atoms with E-state index in [2.05, 4.69) is 10.4 Å². The minimum absolute atomic E-state index is 0.164. The molecular weight excluding hydrogens is 326 g/mol. The van der Waals surface area contributed by atoms with Crippen LogP contribution < -0.4 is 10.1 Å². The van der Waals surface area contributed by atoms with Crippen molar-refractivity contribution >= 4 is 5.91 Å². The quantitative estimate of drug-likeness (QED) is 0.772. The fourth-order valence-corrected chi connectivity index (χ4v) is 2.62. The Hall–Kier alpha value is -3.08. The molecule has 0 radical (unpaired) electrons. The molecule has 3 aromatic rings. The number of ether oxygens (including phenoxy) is 1. The van der Waals surface area contributed by atoms with Gasteiger partial charge in [0.25, 0.3) is 5.91 Å². The van der Waals surface area contributed by atoms with Crippen molar-refractivity contribution < 1.29 is 9.53 Å². The fourth-order valence-electron chi connectivity index (χ4n) is 2.62. The number of rotatable bonds is 4. The highest BCUT2D eigenvalue weighted by atomic mass is 16.5. The smallest absolute Gasteiger partial charge is 0.270 e. The molecule has 5 heteroatoms. The van der Waals surface area contributed by atoms with Gasteiger partial charge in [-0.05, 0) is 51.1 Å². The summed E-state index contributed by atoms with van der Waals surface area (Å²) in [4.78, 5) is 12.8. The van der Waals surface area contributed by atoms with Gasteiger partial charge in [-0.2, -0.15) is 5.10 Å². The zero-order valence-electron chi connectivity index (χ0n) is 15.5. The van der Waals surface area contributed by atoms with Gasteiger partial charge in [-0.25, -0.2) is 4.68 Å². The van der Waals surface area contributed by atoms with E-state index in [9.17, 15) is 4.79 Å². The molecule has 3 rings (SSSR count). The molecule has 0 aliphatic carbocycles. The number of amides is 1. The summed E-state index contributed by atoms with van der Waals surface area (Å²) in [5.74, 6) is 0.591. The van der Waals surface area contributed by atoms with Crippen LogP contribution >= 0.6 is 0 Å². The standard InChI is InChI=1S/C21H23N3O2/c1-21(2,3)22-20(25)19-14-18(15-8-6-5-7-9-15)23-24(19)16-10-12-17(26-4)13-11-16/h5-14H,1-4H3,(H,22,25). The maximum Gasteiger partial charge on any atom is 0.270 e. The van der Waals surface area contributed by atoms with Crippen molar-refractivity contribution in [1.82, 2.24) is 15.1 Å². The number of benzene rings is 2. The van der Waals surface area contributed by atoms with E-state index in [1.165, 1.54) is 0 Å². The van der Waals surface area contributed by atoms with Crippen LogP contribution in [0.2, 0.25) is 0 Å². The van der Waals surface area contributed by atoms with Gasteiger partial charge in [0, 0.05) is 11.1 Å². The molecule has 5 nitrogen and oxygen atoms in total. The fraction of sp³-hybridized carbons (Fsp3) is 0.238. The van der Waals surface area contributed by atoms with Crippen molar-refractivity contribution in [3.63, 3.8) is 0 Å². The Balaban J connectivity index is 2.07. The Kier molecular flexibility index (Phi) is 4.80. The maximum atomic E-state index is 12.8. The summed E-state index contributed by atoms with van der Waals surface area (Å²) >= 11 is 0. The summed E-state index contributed by atoms with van der Waals surface area (Å²) < 4.78 is 6.88. The summed E-state index contributed by atoms with van der Waals surface area (Å²) in [6.07, 6.45) is 0. The molecule has 0 unspecified atom stereocenters. The Morgan fingerprint density at radius 2 is 1.69 bits per heavy atom. The topological polar surface area (TPSA) is 56.2 Å². The molecule has 0 aliphatic rings. The lowest BCUT2D eigenvalue weighted by atomic mass is 10.1. The van der Waals surface area contributed by atoms with Crippen LogP contribution in [0, 0.1) is 0 Å². The molecule has 1 heterocycles. The minimum atomic E-state index is -0.334. The SMILES string of the molecule is COc1ccc(-n2nc(-c3ccccc3)cc2C(=O)NC(C)(C)C)cc1. The number of hydrogen-bond donors (Lipinski definition) is 1. The molecule has 1 N–H and O–H groups in total. The highest BCUT2D eigenvalue weighted by Crippen LogP contribution is 2.23. The molecule has 0 bridgehead atoms. The van der Waals surface area contributed by atoms with Crippen LogP contribution in [0.25, 0.3) is 16.9 Å². The second kappa shape index (κ2) is 7.04. The summed E-state index contributed by atoms with van der Waals surface area (Å²) in [7, 11) is 1.62. The molecule has 1 amide bonds. The van der Waals surface area contributed by atoms with E-state index in [-0.39, 0.29) is 11.4 Å². The first-order valence-corrected chi connectivity index (χ1v) is 8.50. The third-order valence-electron chi connectivity index (χ3n) is 3.82. The number of nitrogens with zero attached hydrogens (tertiary/aromatic N) is 2. The van der Waals surface area contributed by atoms with Crippen molar-refractivity contribution in [3.05, 3.63) is 66.4 Å². The first-order chi connectivity index (χ1) is 12.4. The lowest BCUT2D eigenvalue weighted by Crippen LogP contribution is -2.41. The van der Waals surface area contributed by atoms with Crippen LogP contribution in [-0.2, 0) is 0 Å². The van der Waals surface area contributed by atoms with E-state index in [4.69, 9.17) is 4.74 Å². The molecular formula is C21H23N3O2. The molecule has 1 aromatic heterocycles. The lowest BCUT2D eigenvalue weighted by Gasteiger charge is -2.20. The first kappa shape index (κ1) is 17.7. The van der Waals surface area contributed by atoms with Crippen LogP contribution in [0.1, 0.15) is 31.3 Å². The number of methoxy groups -OCH3 is 1. The van der Waals surface area contributed by atoms with Crippen molar-refractivity contribution in [2.45, 2.75) is 26.3 Å². The third-order valence-corrected chi connectivity index (χ3v) is 3.82. The molecule has 0 saturated heterocycles. The van der Waals surface area contributed by atoms with Crippen molar-refractivity contribution in [3.8, 4) is 22.7 Å². The number of hydrogen-bond acceptors (Lipinski definition) is 3. The number of nitrogens with one attached hydrogen (secondary N) is 1. The van der Waals surface area contributed by atoms with Crippen molar-refractivity contribution in [2.24, 2.45) is 0 Å². The van der Waals surface area contributed by atoms with Gasteiger partial charge in [-0.1, -0.05) is 30.3 Å². The van der Waals surface area contributed by atoms with Crippen LogP contribution in [-0.4, -0.2) is 28.3 Å². The molecule has 0 fully saturated rings. The second-order valence-corrected chi connectivity index (χ2v) is 7.09. The molecule has 0 saturated carbocycles. The van der Waals surface area contributed by atoms with Crippen molar-refractivity contribution in [2.75, 3.05) is 7.11 Å². The Morgan fingerprint density at radius 3 is 2.27 bits per heavy atom. The van der Waals surface area contributed by atoms with E-state index < -0.39 is 0 Å². The average molecular weight is 349 g/mol. The highest BCUT2D eigenvalue weighted by Gasteiger charge is 2.21. The van der Waals surface area contributed by atoms with E-state index in [1.807, 2.05) is 81.4 Å². The molecule has 134 valence electrons. The normalized spacial score (nSPS) is 11.2. The Bertz CT molecular complexity index is 891. The Morgan fingerprint density at radius 1 is 1.04 bits per heavy atom. The molecule has 2 aromatic carbocycles. The zero-order valence-corrected chi connectivity index (χ0v) is 15.5. The monoisotopic (exact) mass is 349 g/mol. The van der Waals surface area contributed by atoms with E-state index in [1.54, 1.807) is 11.8 Å². The van der Waals surface area contributed by atoms with Gasteiger partial charge in [0.2, 0.25) is 0 Å². The predicted molar refractivity (Wildman–Crippen MR) is 103 cm³/mol. The summed E-state index contributed by atoms with van der Waals surface area (Å²) in [5, 5.41) is 7.68. The van der Waals surface area contributed by atoms with Crippen LogP contribution in [0.3, 0.4) is 0 Å². The second-order valence-electron chi connectivity index (χ2n) is 7.09. The van der Waals surface area contributed by atoms with Gasteiger partial charge in [0.05, 0.1) is 18.5 Å². The third kappa shape index (κ3) is 3.94. The largest absolute Gasteiger partial charge is 0.497 e. The first-order valence-electron chi connectivity index (χ1n) is 8.50. The van der Waals surface area contributed by atoms with Gasteiger partial charge in [-0.15, -0.1) is 0 Å². The van der Waals surface area contributed by atoms with Gasteiger partial charge in [0.15, 0.2) is 0 Å². The maximum absolute atomic E-state index is 12.8.